The number of amides is 1. The molecule has 0 aliphatic carbocycles. The van der Waals surface area contributed by atoms with E-state index in [9.17, 15) is 30.1 Å². The van der Waals surface area contributed by atoms with E-state index in [4.69, 9.17) is 19.1 Å². The van der Waals surface area contributed by atoms with Gasteiger partial charge in [-0.25, -0.2) is 0 Å². The van der Waals surface area contributed by atoms with E-state index in [0.717, 1.165) is 25.9 Å². The molecule has 0 unspecified atom stereocenters. The molecule has 0 aromatic carbocycles. The number of nitrogens with zero attached hydrogens (tertiary/aromatic N) is 4. The van der Waals surface area contributed by atoms with E-state index in [1.165, 1.54) is 0 Å². The third-order valence-corrected chi connectivity index (χ3v) is 3.85. The summed E-state index contributed by atoms with van der Waals surface area (Å²) in [6, 6.07) is 0. The summed E-state index contributed by atoms with van der Waals surface area (Å²) in [5, 5.41) is 38.7. The van der Waals surface area contributed by atoms with Crippen molar-refractivity contribution in [2.75, 3.05) is 45.9 Å². The van der Waals surface area contributed by atoms with Crippen molar-refractivity contribution in [3.05, 3.63) is 49.5 Å². The number of carbonyl (C=O) groups is 1. The first-order chi connectivity index (χ1) is 15.8. The fraction of sp³-hybridized carbons (Fsp3) is 0.625. The van der Waals surface area contributed by atoms with Crippen molar-refractivity contribution >= 4 is 30.9 Å². The minimum atomic E-state index is -0.913. The van der Waals surface area contributed by atoms with Crippen molar-refractivity contribution in [3.8, 4) is 0 Å². The van der Waals surface area contributed by atoms with Crippen LogP contribution in [0.15, 0.2) is 28.9 Å². The van der Waals surface area contributed by atoms with Crippen molar-refractivity contribution in [2.45, 2.75) is 12.8 Å². The van der Waals surface area contributed by atoms with Gasteiger partial charge in [0.05, 0.1) is 6.54 Å². The van der Waals surface area contributed by atoms with Crippen molar-refractivity contribution in [1.29, 1.82) is 0 Å². The Kier molecular flexibility index (Phi) is 19.1. The normalized spacial score (nSPS) is 15.5. The third-order valence-electron chi connectivity index (χ3n) is 3.85. The van der Waals surface area contributed by atoms with Gasteiger partial charge in [-0.15, -0.1) is 33.3 Å². The number of aliphatic imine (C=N–C) groups is 1. The molecule has 2 aliphatic heterocycles. The molecule has 0 saturated carbocycles. The molecule has 2 rings (SSSR count). The Balaban J connectivity index is 0.000000555. The van der Waals surface area contributed by atoms with Gasteiger partial charge in [0, 0.05) is 19.0 Å². The number of rotatable bonds is 10. The zero-order chi connectivity index (χ0) is 24.9. The van der Waals surface area contributed by atoms with Crippen LogP contribution in [-0.2, 0) is 30.4 Å². The monoisotopic (exact) mass is 604 g/mol. The Hall–Kier alpha value is -2.18. The molecule has 33 heavy (non-hydrogen) atoms. The molecule has 1 saturated heterocycles. The third kappa shape index (κ3) is 18.0. The standard InChI is InChI=1S/C8H14N3O4.C8H11N3O4.2ClH.Pd/c2*12-8(7-1-3-9-4-2-7)10-5-6-15-11(13)14;;;/h7H,1-6H2,(H,10,12);1-3,9H,4-6H2,(H,10,12);2*1H;/q-1;;;;+2/p-3. The molecule has 1 amide bonds. The zero-order valence-corrected chi connectivity index (χ0v) is 20.4. The second kappa shape index (κ2) is 20.4. The second-order valence-electron chi connectivity index (χ2n) is 5.98. The van der Waals surface area contributed by atoms with Crippen LogP contribution in [0.1, 0.15) is 12.8 Å². The van der Waals surface area contributed by atoms with E-state index < -0.39 is 10.2 Å². The summed E-state index contributed by atoms with van der Waals surface area (Å²) in [7, 11) is 9.63. The number of carbonyl (C=O) groups excluding carboxylic acids is 1. The van der Waals surface area contributed by atoms with Gasteiger partial charge < -0.3 is 30.7 Å². The number of dihydropyridines is 1. The Labute approximate surface area is 206 Å². The predicted octanol–water partition coefficient (Wildman–Crippen LogP) is 0.468. The van der Waals surface area contributed by atoms with Gasteiger partial charge in [0.25, 0.3) is 10.2 Å². The molecule has 14 nitrogen and oxygen atoms in total. The van der Waals surface area contributed by atoms with Crippen LogP contribution in [0.3, 0.4) is 0 Å². The van der Waals surface area contributed by atoms with Gasteiger partial charge in [-0.3, -0.25) is 9.79 Å². The Morgan fingerprint density at radius 2 is 1.85 bits per heavy atom. The second-order valence-corrected chi connectivity index (χ2v) is 8.34. The zero-order valence-electron chi connectivity index (χ0n) is 17.3. The Morgan fingerprint density at radius 1 is 1.24 bits per heavy atom. The van der Waals surface area contributed by atoms with Crippen molar-refractivity contribution in [1.82, 2.24) is 10.6 Å². The first-order valence-corrected chi connectivity index (χ1v) is 13.4. The van der Waals surface area contributed by atoms with Gasteiger partial charge in [0.1, 0.15) is 13.2 Å². The van der Waals surface area contributed by atoms with E-state index in [2.05, 4.69) is 30.6 Å². The summed E-state index contributed by atoms with van der Waals surface area (Å²) in [5.74, 6) is -0.449. The quantitative estimate of drug-likeness (QED) is 0.0888. The summed E-state index contributed by atoms with van der Waals surface area (Å²) in [5.41, 5.74) is 0.481. The molecular weight excluding hydrogens is 582 g/mol. The molecule has 2 heterocycles. The van der Waals surface area contributed by atoms with Crippen LogP contribution < -0.4 is 15.7 Å². The topological polar surface area (TPSA) is 195 Å². The van der Waals surface area contributed by atoms with Crippen LogP contribution in [-0.4, -0.2) is 67.9 Å². The number of hydrogen-bond acceptors (Lipinski definition) is 10. The first-order valence-electron chi connectivity index (χ1n) is 9.41. The van der Waals surface area contributed by atoms with E-state index in [0.29, 0.717) is 12.1 Å². The molecule has 2 N–H and O–H groups in total. The van der Waals surface area contributed by atoms with Gasteiger partial charge in [0.15, 0.2) is 0 Å². The van der Waals surface area contributed by atoms with E-state index in [1.807, 2.05) is 0 Å². The average molecular weight is 606 g/mol. The van der Waals surface area contributed by atoms with Crippen molar-refractivity contribution < 1.29 is 45.7 Å². The van der Waals surface area contributed by atoms with Crippen molar-refractivity contribution in [2.24, 2.45) is 10.9 Å². The van der Waals surface area contributed by atoms with E-state index in [1.54, 1.807) is 18.4 Å². The summed E-state index contributed by atoms with van der Waals surface area (Å²) >= 11 is -0.106. The molecule has 1 fully saturated rings. The fourth-order valence-electron chi connectivity index (χ4n) is 2.42. The van der Waals surface area contributed by atoms with E-state index >= 15 is 0 Å². The number of piperidine rings is 1. The van der Waals surface area contributed by atoms with Gasteiger partial charge in [0.2, 0.25) is 5.91 Å². The first kappa shape index (κ1) is 30.8. The summed E-state index contributed by atoms with van der Waals surface area (Å²) in [6.45, 7) is 1.89. The SMILES string of the molecule is O=C(NCCO[N+](=O)[O-])C1CC[N-]CC1.O=[N+]([O-])OCCN=C([O-])C1=CCNC=C1.[Cl][Pd][Cl]. The Morgan fingerprint density at radius 3 is 2.39 bits per heavy atom. The van der Waals surface area contributed by atoms with Crippen LogP contribution in [0.5, 0.6) is 0 Å². The van der Waals surface area contributed by atoms with Crippen LogP contribution in [0, 0.1) is 26.1 Å². The molecule has 0 bridgehead atoms. The number of hydrogen-bond donors (Lipinski definition) is 2. The number of nitrogens with one attached hydrogen (secondary N) is 2. The maximum atomic E-state index is 11.5. The molecule has 2 aliphatic rings. The molecule has 192 valence electrons. The van der Waals surface area contributed by atoms with Gasteiger partial charge >= 0.3 is 35.0 Å². The predicted molar refractivity (Wildman–Crippen MR) is 114 cm³/mol. The molecule has 0 aromatic rings. The average Bonchev–Trinajstić information content (AvgIpc) is 2.81. The fourth-order valence-corrected chi connectivity index (χ4v) is 2.42. The Bertz CT molecular complexity index is 692. The molecule has 0 spiro atoms. The molecule has 0 radical (unpaired) electrons. The molecular formula is C16H24Cl2N6O8Pd-2. The van der Waals surface area contributed by atoms with E-state index in [-0.39, 0.29) is 60.0 Å². The molecule has 0 atom stereocenters. The van der Waals surface area contributed by atoms with Gasteiger partial charge in [-0.05, 0) is 23.7 Å². The summed E-state index contributed by atoms with van der Waals surface area (Å²) in [6.07, 6.45) is 6.48. The van der Waals surface area contributed by atoms with Gasteiger partial charge in [-0.1, -0.05) is 18.9 Å². The minimum absolute atomic E-state index is 0.00175. The summed E-state index contributed by atoms with van der Waals surface area (Å²) < 4.78 is 0. The van der Waals surface area contributed by atoms with Crippen LogP contribution in [0.2, 0.25) is 0 Å². The van der Waals surface area contributed by atoms with Crippen LogP contribution in [0.4, 0.5) is 0 Å². The summed E-state index contributed by atoms with van der Waals surface area (Å²) in [4.78, 5) is 42.7. The van der Waals surface area contributed by atoms with Crippen molar-refractivity contribution in [3.63, 3.8) is 0 Å². The number of halogens is 2. The maximum absolute atomic E-state index is 11.5. The molecule has 0 aromatic heterocycles. The molecule has 17 heteroatoms. The van der Waals surface area contributed by atoms with Crippen LogP contribution >= 0.6 is 19.1 Å². The van der Waals surface area contributed by atoms with Gasteiger partial charge in [-0.2, -0.15) is 0 Å². The van der Waals surface area contributed by atoms with Crippen LogP contribution in [0.25, 0.3) is 5.32 Å².